The van der Waals surface area contributed by atoms with E-state index < -0.39 is 0 Å². The van der Waals surface area contributed by atoms with E-state index in [1.807, 2.05) is 0 Å². The van der Waals surface area contributed by atoms with E-state index >= 15 is 0 Å². The van der Waals surface area contributed by atoms with Gasteiger partial charge in [0.05, 0.1) is 8.16 Å². The van der Waals surface area contributed by atoms with Crippen LogP contribution in [-0.2, 0) is 0 Å². The summed E-state index contributed by atoms with van der Waals surface area (Å²) >= 11 is 13.5. The monoisotopic (exact) mass is 384 g/mol. The van der Waals surface area contributed by atoms with Crippen molar-refractivity contribution in [2.45, 2.75) is 45.3 Å². The molecule has 3 aliphatic rings. The molecular formula is C14H24S6. The fourth-order valence-electron chi connectivity index (χ4n) is 2.43. The van der Waals surface area contributed by atoms with Gasteiger partial charge in [-0.1, -0.05) is 13.8 Å². The summed E-state index contributed by atoms with van der Waals surface area (Å²) in [6.45, 7) is 4.62. The van der Waals surface area contributed by atoms with Crippen molar-refractivity contribution in [3.05, 3.63) is 0 Å². The Bertz CT molecular complexity index is 286. The summed E-state index contributed by atoms with van der Waals surface area (Å²) in [6.07, 6.45) is 2.65. The van der Waals surface area contributed by atoms with Gasteiger partial charge in [-0.25, -0.2) is 0 Å². The highest BCUT2D eigenvalue weighted by Gasteiger charge is 2.56. The summed E-state index contributed by atoms with van der Waals surface area (Å²) in [6, 6.07) is 0. The van der Waals surface area contributed by atoms with E-state index in [0.717, 1.165) is 10.5 Å². The maximum atomic E-state index is 2.31. The molecule has 0 aliphatic carbocycles. The topological polar surface area (TPSA) is 0 Å². The van der Waals surface area contributed by atoms with Gasteiger partial charge in [-0.15, -0.1) is 47.0 Å². The molecule has 0 bridgehead atoms. The quantitative estimate of drug-likeness (QED) is 0.512. The summed E-state index contributed by atoms with van der Waals surface area (Å²) in [4.78, 5) is 0. The van der Waals surface area contributed by atoms with E-state index in [1.54, 1.807) is 0 Å². The summed E-state index contributed by atoms with van der Waals surface area (Å²) in [5.41, 5.74) is 0. The Morgan fingerprint density at radius 3 is 1.50 bits per heavy atom. The highest BCUT2D eigenvalue weighted by molar-refractivity contribution is 8.27. The molecule has 0 aromatic carbocycles. The maximum Gasteiger partial charge on any atom is 0.0828 e. The predicted octanol–water partition coefficient (Wildman–Crippen LogP) is 5.38. The average Bonchev–Trinajstić information content (AvgIpc) is 3.39. The number of rotatable bonds is 8. The first-order valence-corrected chi connectivity index (χ1v) is 13.6. The maximum absolute atomic E-state index is 2.31. The molecule has 4 atom stereocenters. The molecule has 3 rings (SSSR count). The summed E-state index contributed by atoms with van der Waals surface area (Å²) in [5, 5.41) is 1.81. The minimum atomic E-state index is 0.610. The Morgan fingerprint density at radius 2 is 1.25 bits per heavy atom. The molecule has 116 valence electrons. The molecule has 3 fully saturated rings. The van der Waals surface area contributed by atoms with E-state index in [9.17, 15) is 0 Å². The van der Waals surface area contributed by atoms with Crippen molar-refractivity contribution in [1.82, 2.24) is 0 Å². The smallest absolute Gasteiger partial charge is 0.0828 e. The van der Waals surface area contributed by atoms with Crippen LogP contribution in [0.3, 0.4) is 0 Å². The number of thioether (sulfide) groups is 6. The molecule has 0 saturated carbocycles. The van der Waals surface area contributed by atoms with Crippen LogP contribution in [-0.4, -0.2) is 53.2 Å². The lowest BCUT2D eigenvalue weighted by molar-refractivity contribution is 0.892. The molecule has 0 amide bonds. The van der Waals surface area contributed by atoms with Gasteiger partial charge in [-0.2, -0.15) is 23.5 Å². The van der Waals surface area contributed by atoms with E-state index in [2.05, 4.69) is 84.4 Å². The van der Waals surface area contributed by atoms with Crippen LogP contribution in [0.1, 0.15) is 26.7 Å². The van der Waals surface area contributed by atoms with Crippen molar-refractivity contribution < 1.29 is 0 Å². The van der Waals surface area contributed by atoms with Gasteiger partial charge in [0.25, 0.3) is 0 Å². The third-order valence-electron chi connectivity index (χ3n) is 3.84. The van der Waals surface area contributed by atoms with Crippen LogP contribution in [0.5, 0.6) is 0 Å². The highest BCUT2D eigenvalue weighted by atomic mass is 32.2. The Balaban J connectivity index is 1.48. The van der Waals surface area contributed by atoms with E-state index in [-0.39, 0.29) is 0 Å². The Morgan fingerprint density at radius 1 is 0.850 bits per heavy atom. The van der Waals surface area contributed by atoms with Gasteiger partial charge < -0.3 is 0 Å². The van der Waals surface area contributed by atoms with Crippen molar-refractivity contribution in [1.29, 1.82) is 0 Å². The van der Waals surface area contributed by atoms with Gasteiger partial charge in [0.15, 0.2) is 0 Å². The molecule has 3 heterocycles. The summed E-state index contributed by atoms with van der Waals surface area (Å²) in [5.74, 6) is 8.31. The molecule has 0 aromatic heterocycles. The lowest BCUT2D eigenvalue weighted by atomic mass is 10.3. The standard InChI is InChI=1S/C14H24S6/c1-3-5-17-13(9-19-13)11-7-16-12(8-15-11)14(10-20-14)18-6-4-2/h11-12H,3-10H2,1-2H3. The van der Waals surface area contributed by atoms with Crippen LogP contribution >= 0.6 is 70.6 Å². The molecule has 0 aromatic rings. The second-order valence-corrected chi connectivity index (χ2v) is 14.0. The van der Waals surface area contributed by atoms with E-state index in [4.69, 9.17) is 0 Å². The Labute approximate surface area is 149 Å². The molecule has 3 saturated heterocycles. The number of hydrogen-bond acceptors (Lipinski definition) is 6. The lowest BCUT2D eigenvalue weighted by Crippen LogP contribution is -2.36. The van der Waals surface area contributed by atoms with Crippen LogP contribution in [0.15, 0.2) is 0 Å². The second kappa shape index (κ2) is 7.33. The van der Waals surface area contributed by atoms with E-state index in [0.29, 0.717) is 8.16 Å². The zero-order valence-corrected chi connectivity index (χ0v) is 17.2. The zero-order valence-electron chi connectivity index (χ0n) is 12.3. The Kier molecular flexibility index (Phi) is 6.21. The van der Waals surface area contributed by atoms with Crippen molar-refractivity contribution in [2.75, 3.05) is 34.5 Å². The molecule has 4 unspecified atom stereocenters. The minimum Gasteiger partial charge on any atom is -0.154 e. The van der Waals surface area contributed by atoms with Gasteiger partial charge in [0.2, 0.25) is 0 Å². The third kappa shape index (κ3) is 3.77. The zero-order chi connectivity index (χ0) is 14.1. The molecule has 0 N–H and O–H groups in total. The Hall–Kier alpha value is 2.10. The fourth-order valence-corrected chi connectivity index (χ4v) is 13.0. The molecule has 6 heteroatoms. The normalized spacial score (nSPS) is 43.5. The van der Waals surface area contributed by atoms with E-state index in [1.165, 1.54) is 47.4 Å². The predicted molar refractivity (Wildman–Crippen MR) is 108 cm³/mol. The van der Waals surface area contributed by atoms with Gasteiger partial charge in [0.1, 0.15) is 0 Å². The fraction of sp³-hybridized carbons (Fsp3) is 1.00. The van der Waals surface area contributed by atoms with Crippen molar-refractivity contribution in [2.24, 2.45) is 0 Å². The van der Waals surface area contributed by atoms with Gasteiger partial charge >= 0.3 is 0 Å². The first-order valence-electron chi connectivity index (χ1n) is 7.54. The van der Waals surface area contributed by atoms with Crippen molar-refractivity contribution >= 4 is 70.6 Å². The third-order valence-corrected chi connectivity index (χ3v) is 15.0. The van der Waals surface area contributed by atoms with Crippen LogP contribution in [0.25, 0.3) is 0 Å². The van der Waals surface area contributed by atoms with Crippen molar-refractivity contribution in [3.63, 3.8) is 0 Å². The number of hydrogen-bond donors (Lipinski definition) is 0. The molecule has 0 nitrogen and oxygen atoms in total. The molecule has 0 radical (unpaired) electrons. The molecule has 0 spiro atoms. The summed E-state index contributed by atoms with van der Waals surface area (Å²) in [7, 11) is 0. The SMILES string of the molecule is CCCSC1(C2CSC(C3(SCCC)CS3)CS2)CS1. The lowest BCUT2D eigenvalue weighted by Gasteiger charge is -2.35. The average molecular weight is 385 g/mol. The molecule has 3 aliphatic heterocycles. The van der Waals surface area contributed by atoms with Crippen LogP contribution in [0, 0.1) is 0 Å². The van der Waals surface area contributed by atoms with Crippen LogP contribution in [0.4, 0.5) is 0 Å². The van der Waals surface area contributed by atoms with Crippen LogP contribution < -0.4 is 0 Å². The van der Waals surface area contributed by atoms with Crippen molar-refractivity contribution in [3.8, 4) is 0 Å². The molecule has 20 heavy (non-hydrogen) atoms. The highest BCUT2D eigenvalue weighted by Crippen LogP contribution is 2.65. The van der Waals surface area contributed by atoms with Gasteiger partial charge in [-0.3, -0.25) is 0 Å². The second-order valence-electron chi connectivity index (χ2n) is 5.54. The summed E-state index contributed by atoms with van der Waals surface area (Å²) < 4.78 is 1.22. The van der Waals surface area contributed by atoms with Crippen LogP contribution in [0.2, 0.25) is 0 Å². The minimum absolute atomic E-state index is 0.610. The van der Waals surface area contributed by atoms with Gasteiger partial charge in [0, 0.05) is 33.5 Å². The van der Waals surface area contributed by atoms with Gasteiger partial charge in [-0.05, 0) is 24.3 Å². The first kappa shape index (κ1) is 16.9. The molecular weight excluding hydrogens is 361 g/mol. The largest absolute Gasteiger partial charge is 0.154 e. The first-order chi connectivity index (χ1) is 9.75.